The fourth-order valence-electron chi connectivity index (χ4n) is 1.56. The topological polar surface area (TPSA) is 26.0 Å². The van der Waals surface area contributed by atoms with Gasteiger partial charge in [0.25, 0.3) is 0 Å². The molecule has 0 bridgehead atoms. The average Bonchev–Trinajstić information content (AvgIpc) is 2.78. The molecule has 0 atom stereocenters. The van der Waals surface area contributed by atoms with Gasteiger partial charge in [-0.05, 0) is 37.3 Å². The van der Waals surface area contributed by atoms with Gasteiger partial charge in [-0.25, -0.2) is 0 Å². The smallest absolute Gasteiger partial charge is 0.0467 e. The summed E-state index contributed by atoms with van der Waals surface area (Å²) in [6.45, 7) is 2.03. The van der Waals surface area contributed by atoms with Crippen LogP contribution in [0.1, 0.15) is 24.0 Å². The van der Waals surface area contributed by atoms with E-state index in [1.54, 1.807) is 0 Å². The van der Waals surface area contributed by atoms with Crippen molar-refractivity contribution in [2.75, 3.05) is 0 Å². The van der Waals surface area contributed by atoms with Gasteiger partial charge in [0.15, 0.2) is 0 Å². The molecule has 1 aromatic rings. The minimum atomic E-state index is 0.0530. The standard InChI is InChI=1S/C11H14ClN/c1-8-3-2-4-9(10(8)12)7-11(13)5-6-11/h2-4H,5-7,13H2,1H3. The van der Waals surface area contributed by atoms with Crippen LogP contribution in [0.2, 0.25) is 5.02 Å². The quantitative estimate of drug-likeness (QED) is 0.772. The Kier molecular flexibility index (Phi) is 2.09. The fourth-order valence-corrected chi connectivity index (χ4v) is 1.75. The number of hydrogen-bond donors (Lipinski definition) is 1. The molecular formula is C11H14ClN. The first-order chi connectivity index (χ1) is 6.11. The summed E-state index contributed by atoms with van der Waals surface area (Å²) in [6.07, 6.45) is 3.20. The lowest BCUT2D eigenvalue weighted by Crippen LogP contribution is -2.24. The van der Waals surface area contributed by atoms with Crippen LogP contribution in [-0.4, -0.2) is 5.54 Å². The van der Waals surface area contributed by atoms with Crippen molar-refractivity contribution in [2.45, 2.75) is 31.7 Å². The summed E-state index contributed by atoms with van der Waals surface area (Å²) < 4.78 is 0. The highest BCUT2D eigenvalue weighted by atomic mass is 35.5. The van der Waals surface area contributed by atoms with Gasteiger partial charge in [0.2, 0.25) is 0 Å². The summed E-state index contributed by atoms with van der Waals surface area (Å²) in [7, 11) is 0. The lowest BCUT2D eigenvalue weighted by atomic mass is 10.0. The normalized spacial score (nSPS) is 18.7. The van der Waals surface area contributed by atoms with Crippen molar-refractivity contribution in [3.8, 4) is 0 Å². The molecule has 0 saturated heterocycles. The van der Waals surface area contributed by atoms with Crippen molar-refractivity contribution in [1.29, 1.82) is 0 Å². The molecule has 1 aromatic carbocycles. The van der Waals surface area contributed by atoms with Gasteiger partial charge >= 0.3 is 0 Å². The van der Waals surface area contributed by atoms with Gasteiger partial charge in [-0.3, -0.25) is 0 Å². The second-order valence-corrected chi connectivity index (χ2v) is 4.47. The second-order valence-electron chi connectivity index (χ2n) is 4.09. The highest BCUT2D eigenvalue weighted by molar-refractivity contribution is 6.32. The number of halogens is 1. The Balaban J connectivity index is 2.25. The third-order valence-corrected chi connectivity index (χ3v) is 3.25. The first-order valence-electron chi connectivity index (χ1n) is 4.64. The van der Waals surface area contributed by atoms with E-state index >= 15 is 0 Å². The van der Waals surface area contributed by atoms with Crippen LogP contribution in [0, 0.1) is 6.92 Å². The largest absolute Gasteiger partial charge is 0.325 e. The third-order valence-electron chi connectivity index (χ3n) is 2.71. The van der Waals surface area contributed by atoms with Gasteiger partial charge in [-0.1, -0.05) is 29.8 Å². The van der Waals surface area contributed by atoms with Crippen LogP contribution in [0.4, 0.5) is 0 Å². The Labute approximate surface area is 83.9 Å². The van der Waals surface area contributed by atoms with Crippen molar-refractivity contribution >= 4 is 11.6 Å². The molecule has 0 spiro atoms. The molecule has 0 amide bonds. The van der Waals surface area contributed by atoms with E-state index in [1.807, 2.05) is 19.1 Å². The molecule has 1 aliphatic rings. The lowest BCUT2D eigenvalue weighted by molar-refractivity contribution is 0.672. The predicted octanol–water partition coefficient (Wildman–Crippen LogP) is 2.68. The fraction of sp³-hybridized carbons (Fsp3) is 0.455. The van der Waals surface area contributed by atoms with Gasteiger partial charge in [0.05, 0.1) is 0 Å². The first kappa shape index (κ1) is 9.04. The minimum absolute atomic E-state index is 0.0530. The Bertz CT molecular complexity index is 329. The molecule has 70 valence electrons. The molecule has 1 nitrogen and oxygen atoms in total. The Morgan fingerprint density at radius 2 is 2.15 bits per heavy atom. The summed E-state index contributed by atoms with van der Waals surface area (Å²) in [4.78, 5) is 0. The van der Waals surface area contributed by atoms with Crippen LogP contribution in [0.3, 0.4) is 0 Å². The van der Waals surface area contributed by atoms with E-state index in [2.05, 4.69) is 6.07 Å². The molecule has 1 saturated carbocycles. The number of rotatable bonds is 2. The van der Waals surface area contributed by atoms with Crippen LogP contribution >= 0.6 is 11.6 Å². The van der Waals surface area contributed by atoms with Crippen LogP contribution in [0.25, 0.3) is 0 Å². The van der Waals surface area contributed by atoms with Gasteiger partial charge < -0.3 is 5.73 Å². The zero-order valence-electron chi connectivity index (χ0n) is 7.81. The van der Waals surface area contributed by atoms with Crippen molar-refractivity contribution < 1.29 is 0 Å². The molecule has 0 heterocycles. The molecule has 1 aliphatic carbocycles. The van der Waals surface area contributed by atoms with E-state index in [0.29, 0.717) is 0 Å². The van der Waals surface area contributed by atoms with Crippen molar-refractivity contribution in [1.82, 2.24) is 0 Å². The highest BCUT2D eigenvalue weighted by Crippen LogP contribution is 2.37. The molecule has 0 aliphatic heterocycles. The zero-order valence-corrected chi connectivity index (χ0v) is 8.56. The second kappa shape index (κ2) is 3.00. The maximum absolute atomic E-state index is 6.17. The van der Waals surface area contributed by atoms with Crippen molar-refractivity contribution in [3.05, 3.63) is 34.3 Å². The SMILES string of the molecule is Cc1cccc(CC2(N)CC2)c1Cl. The Hall–Kier alpha value is -0.530. The summed E-state index contributed by atoms with van der Waals surface area (Å²) in [5.41, 5.74) is 8.43. The Morgan fingerprint density at radius 1 is 1.46 bits per heavy atom. The van der Waals surface area contributed by atoms with E-state index in [-0.39, 0.29) is 5.54 Å². The number of nitrogens with two attached hydrogens (primary N) is 1. The van der Waals surface area contributed by atoms with Crippen LogP contribution in [0.15, 0.2) is 18.2 Å². The van der Waals surface area contributed by atoms with Crippen LogP contribution in [-0.2, 0) is 6.42 Å². The average molecular weight is 196 g/mol. The van der Waals surface area contributed by atoms with Gasteiger partial charge in [0, 0.05) is 10.6 Å². The number of benzene rings is 1. The van der Waals surface area contributed by atoms with Gasteiger partial charge in [-0.15, -0.1) is 0 Å². The van der Waals surface area contributed by atoms with Crippen molar-refractivity contribution in [3.63, 3.8) is 0 Å². The molecular weight excluding hydrogens is 182 g/mol. The highest BCUT2D eigenvalue weighted by Gasteiger charge is 2.38. The Morgan fingerprint density at radius 3 is 2.77 bits per heavy atom. The molecule has 0 aromatic heterocycles. The van der Waals surface area contributed by atoms with E-state index in [0.717, 1.165) is 29.8 Å². The molecule has 2 heteroatoms. The molecule has 13 heavy (non-hydrogen) atoms. The maximum atomic E-state index is 6.17. The van der Waals surface area contributed by atoms with E-state index in [9.17, 15) is 0 Å². The molecule has 2 N–H and O–H groups in total. The van der Waals surface area contributed by atoms with Crippen molar-refractivity contribution in [2.24, 2.45) is 5.73 Å². The molecule has 0 unspecified atom stereocenters. The van der Waals surface area contributed by atoms with Crippen LogP contribution in [0.5, 0.6) is 0 Å². The zero-order chi connectivity index (χ0) is 9.47. The number of hydrogen-bond acceptors (Lipinski definition) is 1. The predicted molar refractivity (Wildman–Crippen MR) is 56.0 cm³/mol. The molecule has 1 fully saturated rings. The summed E-state index contributed by atoms with van der Waals surface area (Å²) in [6, 6.07) is 6.15. The van der Waals surface area contributed by atoms with Crippen LogP contribution < -0.4 is 5.73 Å². The van der Waals surface area contributed by atoms with E-state index in [1.165, 1.54) is 5.56 Å². The number of aryl methyl sites for hydroxylation is 1. The lowest BCUT2D eigenvalue weighted by Gasteiger charge is -2.11. The first-order valence-corrected chi connectivity index (χ1v) is 5.01. The summed E-state index contributed by atoms with van der Waals surface area (Å²) >= 11 is 6.17. The van der Waals surface area contributed by atoms with Gasteiger partial charge in [0.1, 0.15) is 0 Å². The van der Waals surface area contributed by atoms with E-state index in [4.69, 9.17) is 17.3 Å². The summed E-state index contributed by atoms with van der Waals surface area (Å²) in [5, 5.41) is 0.888. The molecule has 2 rings (SSSR count). The third kappa shape index (κ3) is 1.87. The monoisotopic (exact) mass is 195 g/mol. The van der Waals surface area contributed by atoms with E-state index < -0.39 is 0 Å². The molecule has 0 radical (unpaired) electrons. The minimum Gasteiger partial charge on any atom is -0.325 e. The maximum Gasteiger partial charge on any atom is 0.0467 e. The summed E-state index contributed by atoms with van der Waals surface area (Å²) in [5.74, 6) is 0. The van der Waals surface area contributed by atoms with Gasteiger partial charge in [-0.2, -0.15) is 0 Å².